The number of likely N-dealkylation sites (tertiary alicyclic amines) is 1. The maximum atomic E-state index is 12.4. The maximum Gasteiger partial charge on any atom is 0.165 e. The lowest BCUT2D eigenvalue weighted by atomic mass is 9.54. The van der Waals surface area contributed by atoms with Gasteiger partial charge in [-0.3, -0.25) is 4.90 Å². The number of aliphatic hydroxyl groups is 1. The van der Waals surface area contributed by atoms with Crippen molar-refractivity contribution in [3.63, 3.8) is 0 Å². The van der Waals surface area contributed by atoms with Crippen molar-refractivity contribution < 1.29 is 19.3 Å². The van der Waals surface area contributed by atoms with Crippen LogP contribution in [-0.2, 0) is 23.2 Å². The minimum atomic E-state index is -0.934. The van der Waals surface area contributed by atoms with Gasteiger partial charge < -0.3 is 19.3 Å². The van der Waals surface area contributed by atoms with E-state index in [0.29, 0.717) is 18.6 Å². The predicted octanol–water partition coefficient (Wildman–Crippen LogP) is 6.71. The molecule has 0 radical (unpaired) electrons. The Morgan fingerprint density at radius 3 is 2.58 bits per heavy atom. The van der Waals surface area contributed by atoms with Crippen LogP contribution in [0, 0.1) is 29.1 Å². The lowest BCUT2D eigenvalue weighted by Crippen LogP contribution is -2.64. The Labute approximate surface area is 257 Å². The van der Waals surface area contributed by atoms with Gasteiger partial charge in [-0.05, 0) is 92.0 Å². The molecule has 3 fully saturated rings. The molecule has 3 aliphatic carbocycles. The Morgan fingerprint density at radius 2 is 1.91 bits per heavy atom. The first-order chi connectivity index (χ1) is 20.6. The lowest BCUT2D eigenvalue weighted by molar-refractivity contribution is -0.127. The van der Waals surface area contributed by atoms with Gasteiger partial charge in [0.15, 0.2) is 11.5 Å². The predicted molar refractivity (Wildman–Crippen MR) is 169 cm³/mol. The van der Waals surface area contributed by atoms with Gasteiger partial charge in [-0.2, -0.15) is 0 Å². The molecule has 1 saturated heterocycles. The fraction of sp³-hybridized carbons (Fsp3) is 0.605. The molecule has 8 atom stereocenters. The van der Waals surface area contributed by atoms with Crippen LogP contribution in [-0.4, -0.2) is 54.1 Å². The third kappa shape index (κ3) is 4.53. The number of rotatable bonds is 8. The quantitative estimate of drug-likeness (QED) is 0.350. The van der Waals surface area contributed by atoms with Gasteiger partial charge in [0.1, 0.15) is 18.8 Å². The first-order valence-electron chi connectivity index (χ1n) is 16.4. The van der Waals surface area contributed by atoms with Gasteiger partial charge in [0.2, 0.25) is 0 Å². The first-order valence-corrected chi connectivity index (χ1v) is 16.4. The van der Waals surface area contributed by atoms with Crippen molar-refractivity contribution in [1.82, 2.24) is 4.90 Å². The van der Waals surface area contributed by atoms with Crippen LogP contribution in [0.25, 0.3) is 0 Å². The average molecular weight is 584 g/mol. The molecule has 3 unspecified atom stereocenters. The number of ether oxygens (including phenoxy) is 3. The van der Waals surface area contributed by atoms with Gasteiger partial charge in [-0.25, -0.2) is 0 Å². The second kappa shape index (κ2) is 10.5. The molecule has 230 valence electrons. The maximum absolute atomic E-state index is 12.4. The topological polar surface area (TPSA) is 51.2 Å². The monoisotopic (exact) mass is 583 g/mol. The molecule has 2 saturated carbocycles. The number of hydrogen-bond acceptors (Lipinski definition) is 5. The zero-order valence-electron chi connectivity index (χ0n) is 26.6. The normalized spacial score (nSPS) is 34.3. The minimum Gasteiger partial charge on any atom is -0.485 e. The summed E-state index contributed by atoms with van der Waals surface area (Å²) in [4.78, 5) is 2.81. The third-order valence-electron chi connectivity index (χ3n) is 12.2. The van der Waals surface area contributed by atoms with Crippen LogP contribution in [0.1, 0.15) is 70.1 Å². The van der Waals surface area contributed by atoms with E-state index in [0.717, 1.165) is 48.8 Å². The number of methoxy groups -OCH3 is 1. The summed E-state index contributed by atoms with van der Waals surface area (Å²) in [6.07, 6.45) is 7.29. The van der Waals surface area contributed by atoms with Crippen LogP contribution in [0.4, 0.5) is 0 Å². The summed E-state index contributed by atoms with van der Waals surface area (Å²) in [7, 11) is 1.82. The van der Waals surface area contributed by atoms with Gasteiger partial charge in [-0.15, -0.1) is 5.73 Å². The highest BCUT2D eigenvalue weighted by Crippen LogP contribution is 2.66. The number of nitrogens with zero attached hydrogens (tertiary/aromatic N) is 1. The summed E-state index contributed by atoms with van der Waals surface area (Å²) in [5.74, 6) is 2.79. The van der Waals surface area contributed by atoms with E-state index < -0.39 is 5.60 Å². The van der Waals surface area contributed by atoms with Crippen LogP contribution >= 0.6 is 0 Å². The third-order valence-corrected chi connectivity index (χ3v) is 12.2. The molecule has 2 heterocycles. The van der Waals surface area contributed by atoms with E-state index in [1.807, 2.05) is 20.1 Å². The molecule has 2 aromatic rings. The molecule has 5 nitrogen and oxygen atoms in total. The van der Waals surface area contributed by atoms with Crippen molar-refractivity contribution in [3.05, 3.63) is 77.5 Å². The van der Waals surface area contributed by atoms with E-state index in [1.54, 1.807) is 0 Å². The van der Waals surface area contributed by atoms with Gasteiger partial charge in [0.25, 0.3) is 0 Å². The molecule has 2 aliphatic heterocycles. The van der Waals surface area contributed by atoms with E-state index in [2.05, 4.69) is 80.5 Å². The SMILES string of the molecule is C=C=C[C@H]1C(OC)[C@@H]2Oc3c(OCc4ccccc4)ccc4c3[C@@]23CCN(CC2CC2)[C@H](C4)C3C[C@@H]1C(C)(O)C(C)(C)C. The highest BCUT2D eigenvalue weighted by atomic mass is 16.6. The molecule has 2 bridgehead atoms. The largest absolute Gasteiger partial charge is 0.485 e. The van der Waals surface area contributed by atoms with E-state index >= 15 is 0 Å². The van der Waals surface area contributed by atoms with E-state index in [4.69, 9.17) is 14.2 Å². The highest BCUT2D eigenvalue weighted by molar-refractivity contribution is 5.61. The zero-order valence-corrected chi connectivity index (χ0v) is 26.6. The number of benzene rings is 2. The van der Waals surface area contributed by atoms with Crippen LogP contribution in [0.5, 0.6) is 11.5 Å². The van der Waals surface area contributed by atoms with Crippen molar-refractivity contribution >= 4 is 0 Å². The van der Waals surface area contributed by atoms with Crippen LogP contribution in [0.3, 0.4) is 0 Å². The zero-order chi connectivity index (χ0) is 30.1. The smallest absolute Gasteiger partial charge is 0.165 e. The van der Waals surface area contributed by atoms with Gasteiger partial charge >= 0.3 is 0 Å². The summed E-state index contributed by atoms with van der Waals surface area (Å²) in [5.41, 5.74) is 5.57. The molecule has 0 amide bonds. The van der Waals surface area contributed by atoms with E-state index in [1.165, 1.54) is 30.5 Å². The van der Waals surface area contributed by atoms with Crippen molar-refractivity contribution in [2.24, 2.45) is 29.1 Å². The Hall–Kier alpha value is -2.56. The molecule has 1 spiro atoms. The minimum absolute atomic E-state index is 0.0336. The van der Waals surface area contributed by atoms with Gasteiger partial charge in [-0.1, -0.05) is 63.7 Å². The summed E-state index contributed by atoms with van der Waals surface area (Å²) < 4.78 is 20.2. The summed E-state index contributed by atoms with van der Waals surface area (Å²) in [6, 6.07) is 15.2. The second-order valence-electron chi connectivity index (χ2n) is 15.2. The fourth-order valence-corrected chi connectivity index (χ4v) is 9.30. The molecule has 7 rings (SSSR count). The Balaban J connectivity index is 1.38. The first kappa shape index (κ1) is 29.2. The van der Waals surface area contributed by atoms with Crippen molar-refractivity contribution in [1.29, 1.82) is 0 Å². The van der Waals surface area contributed by atoms with E-state index in [9.17, 15) is 5.11 Å². The Morgan fingerprint density at radius 1 is 1.14 bits per heavy atom. The van der Waals surface area contributed by atoms with Crippen LogP contribution in [0.15, 0.2) is 60.9 Å². The number of hydrogen-bond donors (Lipinski definition) is 1. The van der Waals surface area contributed by atoms with Crippen molar-refractivity contribution in [2.75, 3.05) is 20.2 Å². The molecule has 43 heavy (non-hydrogen) atoms. The van der Waals surface area contributed by atoms with Crippen LogP contribution in [0.2, 0.25) is 0 Å². The molecule has 5 heteroatoms. The van der Waals surface area contributed by atoms with E-state index in [-0.39, 0.29) is 34.9 Å². The Bertz CT molecular complexity index is 1400. The summed E-state index contributed by atoms with van der Waals surface area (Å²) in [6.45, 7) is 15.3. The van der Waals surface area contributed by atoms with Crippen molar-refractivity contribution in [3.8, 4) is 11.5 Å². The second-order valence-corrected chi connectivity index (χ2v) is 15.2. The standard InChI is InChI=1S/C38H49NO4/c1-7-11-27-28(37(5,40)36(2,3)4)21-29-30-20-26-16-17-31(42-23-25-12-9-8-10-13-25)34-32(26)38(29,35(43-34)33(27)41-6)18-19-39(30)22-24-14-15-24/h8-13,16-17,24,27-30,33,35,40H,1,14-15,18-23H2,2-6H3/t27-,28+,29?,30-,33?,35+,37?,38+/m1/s1. The lowest BCUT2D eigenvalue weighted by Gasteiger charge is -2.57. The molecule has 2 aromatic carbocycles. The van der Waals surface area contributed by atoms with Crippen LogP contribution < -0.4 is 9.47 Å². The van der Waals surface area contributed by atoms with Gasteiger partial charge in [0, 0.05) is 36.6 Å². The molecule has 1 N–H and O–H groups in total. The van der Waals surface area contributed by atoms with Crippen molar-refractivity contribution in [2.45, 2.75) is 95.7 Å². The fourth-order valence-electron chi connectivity index (χ4n) is 9.30. The molecular weight excluding hydrogens is 534 g/mol. The number of piperidine rings is 1. The van der Waals surface area contributed by atoms with Gasteiger partial charge in [0.05, 0.1) is 5.60 Å². The Kier molecular flexibility index (Phi) is 7.13. The average Bonchev–Trinajstić information content (AvgIpc) is 3.75. The molecule has 0 aromatic heterocycles. The summed E-state index contributed by atoms with van der Waals surface area (Å²) >= 11 is 0. The molecule has 5 aliphatic rings. The highest BCUT2D eigenvalue weighted by Gasteiger charge is 2.68. The summed E-state index contributed by atoms with van der Waals surface area (Å²) in [5, 5.41) is 12.4. The molecular formula is C38H49NO4.